The molecule has 0 aromatic heterocycles. The van der Waals surface area contributed by atoms with Gasteiger partial charge in [0, 0.05) is 0 Å². The van der Waals surface area contributed by atoms with Crippen LogP contribution in [-0.2, 0) is 0 Å². The second-order valence-electron chi connectivity index (χ2n) is 4.30. The molecule has 2 rings (SSSR count). The number of fused-ring (bicyclic) bond motifs is 1. The van der Waals surface area contributed by atoms with Crippen molar-refractivity contribution in [1.82, 2.24) is 0 Å². The van der Waals surface area contributed by atoms with Crippen LogP contribution in [0.4, 0.5) is 0 Å². The lowest BCUT2D eigenvalue weighted by Gasteiger charge is -2.44. The summed E-state index contributed by atoms with van der Waals surface area (Å²) in [6.07, 6.45) is 0.533. The van der Waals surface area contributed by atoms with Gasteiger partial charge in [-0.3, -0.25) is 4.79 Å². The van der Waals surface area contributed by atoms with E-state index in [0.29, 0.717) is 17.7 Å². The summed E-state index contributed by atoms with van der Waals surface area (Å²) in [5.41, 5.74) is -0.471. The van der Waals surface area contributed by atoms with Crippen LogP contribution in [-0.4, -0.2) is 15.6 Å². The van der Waals surface area contributed by atoms with Gasteiger partial charge >= 0.3 is 0 Å². The molecule has 1 heterocycles. The van der Waals surface area contributed by atoms with Gasteiger partial charge in [0.2, 0.25) is 9.99 Å². The molecule has 1 aromatic rings. The third-order valence-electron chi connectivity index (χ3n) is 3.30. The van der Waals surface area contributed by atoms with Gasteiger partial charge in [-0.05, 0) is 37.2 Å². The molecule has 0 spiro atoms. The summed E-state index contributed by atoms with van der Waals surface area (Å²) < 4.78 is 4.48. The average Bonchev–Trinajstić information content (AvgIpc) is 2.37. The second-order valence-corrected chi connectivity index (χ2v) is 6.09. The summed E-state index contributed by atoms with van der Waals surface area (Å²) >= 11 is 7.18. The van der Waals surface area contributed by atoms with Crippen LogP contribution >= 0.6 is 23.4 Å². The van der Waals surface area contributed by atoms with E-state index < -0.39 is 9.81 Å². The maximum atomic E-state index is 12.5. The van der Waals surface area contributed by atoms with Crippen molar-refractivity contribution in [2.45, 2.75) is 30.1 Å². The van der Waals surface area contributed by atoms with E-state index >= 15 is 0 Å². The molecule has 18 heavy (non-hydrogen) atoms. The number of thioether (sulfide) groups is 1. The molecule has 0 saturated heterocycles. The largest absolute Gasteiger partial charge is 0.484 e. The third-order valence-corrected chi connectivity index (χ3v) is 5.09. The highest BCUT2D eigenvalue weighted by atomic mass is 35.5. The van der Waals surface area contributed by atoms with Crippen molar-refractivity contribution in [3.63, 3.8) is 0 Å². The molecule has 1 aliphatic rings. The van der Waals surface area contributed by atoms with Gasteiger partial charge in [-0.2, -0.15) is 5.26 Å². The number of para-hydroxylation sites is 1. The predicted molar refractivity (Wildman–Crippen MR) is 71.9 cm³/mol. The minimum Gasteiger partial charge on any atom is -0.484 e. The van der Waals surface area contributed by atoms with Gasteiger partial charge in [0.1, 0.15) is 16.8 Å². The molecule has 94 valence electrons. The van der Waals surface area contributed by atoms with Gasteiger partial charge in [0.05, 0.1) is 5.56 Å². The SMILES string of the molecule is CC[C@@]1(C)Oc2ccccc2C(=O)[C@@]1(Cl)SC#N. The number of carbonyl (C=O) groups excluding carboxylic acids is 1. The highest BCUT2D eigenvalue weighted by Crippen LogP contribution is 2.51. The average molecular weight is 282 g/mol. The fraction of sp³-hybridized carbons (Fsp3) is 0.385. The molecular formula is C13H12ClNO2S. The standard InChI is InChI=1S/C13H12ClNO2S/c1-3-12(2)13(14,18-8-15)11(16)9-6-4-5-7-10(9)17-12/h4-7H,3H2,1-2H3/t12-,13-/m1/s1. The number of nitriles is 1. The summed E-state index contributed by atoms with van der Waals surface area (Å²) in [5.74, 6) is 0.267. The van der Waals surface area contributed by atoms with Crippen molar-refractivity contribution in [3.8, 4) is 11.2 Å². The smallest absolute Gasteiger partial charge is 0.205 e. The molecule has 1 aliphatic heterocycles. The molecule has 0 unspecified atom stereocenters. The number of benzene rings is 1. The zero-order valence-corrected chi connectivity index (χ0v) is 11.6. The van der Waals surface area contributed by atoms with E-state index in [1.165, 1.54) is 0 Å². The Balaban J connectivity index is 2.61. The van der Waals surface area contributed by atoms with E-state index in [2.05, 4.69) is 0 Å². The lowest BCUT2D eigenvalue weighted by molar-refractivity contribution is 0.0453. The van der Waals surface area contributed by atoms with Crippen molar-refractivity contribution in [1.29, 1.82) is 5.26 Å². The number of Topliss-reactive ketones (excluding diaryl/α,β-unsaturated/α-hetero) is 1. The van der Waals surface area contributed by atoms with Gasteiger partial charge < -0.3 is 4.74 Å². The number of ether oxygens (including phenoxy) is 1. The van der Waals surface area contributed by atoms with E-state index in [-0.39, 0.29) is 5.78 Å². The highest BCUT2D eigenvalue weighted by Gasteiger charge is 2.58. The highest BCUT2D eigenvalue weighted by molar-refractivity contribution is 8.07. The Kier molecular flexibility index (Phi) is 3.31. The number of alkyl halides is 1. The lowest BCUT2D eigenvalue weighted by Crippen LogP contribution is -2.57. The summed E-state index contributed by atoms with van der Waals surface area (Å²) in [6, 6.07) is 6.97. The van der Waals surface area contributed by atoms with Gasteiger partial charge in [-0.1, -0.05) is 30.7 Å². The van der Waals surface area contributed by atoms with Crippen molar-refractivity contribution in [2.75, 3.05) is 0 Å². The Morgan fingerprint density at radius 1 is 1.50 bits per heavy atom. The van der Waals surface area contributed by atoms with E-state index in [1.54, 1.807) is 31.2 Å². The number of halogens is 1. The fourth-order valence-electron chi connectivity index (χ4n) is 1.98. The third kappa shape index (κ3) is 1.70. The van der Waals surface area contributed by atoms with Crippen LogP contribution in [0, 0.1) is 10.7 Å². The topological polar surface area (TPSA) is 50.1 Å². The summed E-state index contributed by atoms with van der Waals surface area (Å²) in [5, 5.41) is 10.8. The first-order valence-electron chi connectivity index (χ1n) is 5.57. The number of thiocyanates is 1. The monoisotopic (exact) mass is 281 g/mol. The van der Waals surface area contributed by atoms with Crippen molar-refractivity contribution < 1.29 is 9.53 Å². The molecule has 5 heteroatoms. The summed E-state index contributed by atoms with van der Waals surface area (Å²) in [6.45, 7) is 3.65. The Labute approximate surface area is 115 Å². The Bertz CT molecular complexity index is 542. The van der Waals surface area contributed by atoms with E-state index in [4.69, 9.17) is 21.6 Å². The minimum atomic E-state index is -1.40. The van der Waals surface area contributed by atoms with Crippen molar-refractivity contribution in [2.24, 2.45) is 0 Å². The normalized spacial score (nSPS) is 30.2. The van der Waals surface area contributed by atoms with Gasteiger partial charge in [-0.15, -0.1) is 0 Å². The van der Waals surface area contributed by atoms with Crippen LogP contribution < -0.4 is 4.74 Å². The molecule has 1 aromatic carbocycles. The van der Waals surface area contributed by atoms with Crippen molar-refractivity contribution in [3.05, 3.63) is 29.8 Å². The molecule has 0 bridgehead atoms. The Morgan fingerprint density at radius 3 is 2.78 bits per heavy atom. The van der Waals surface area contributed by atoms with Crippen LogP contribution in [0.15, 0.2) is 24.3 Å². The predicted octanol–water partition coefficient (Wildman–Crippen LogP) is 3.58. The number of hydrogen-bond acceptors (Lipinski definition) is 4. The molecule has 0 radical (unpaired) electrons. The van der Waals surface area contributed by atoms with Gasteiger partial charge in [0.25, 0.3) is 0 Å². The molecule has 0 aliphatic carbocycles. The molecule has 0 N–H and O–H groups in total. The van der Waals surface area contributed by atoms with Crippen LogP contribution in [0.3, 0.4) is 0 Å². The van der Waals surface area contributed by atoms with Crippen LogP contribution in [0.5, 0.6) is 5.75 Å². The number of nitrogens with zero attached hydrogens (tertiary/aromatic N) is 1. The molecule has 0 fully saturated rings. The van der Waals surface area contributed by atoms with E-state index in [1.807, 2.05) is 12.3 Å². The minimum absolute atomic E-state index is 0.262. The molecule has 0 amide bonds. The molecule has 3 nitrogen and oxygen atoms in total. The number of ketones is 1. The first kappa shape index (κ1) is 13.3. The first-order chi connectivity index (χ1) is 8.48. The quantitative estimate of drug-likeness (QED) is 0.614. The molecule has 2 atom stereocenters. The summed E-state index contributed by atoms with van der Waals surface area (Å²) in [7, 11) is 0. The zero-order chi connectivity index (χ0) is 13.4. The van der Waals surface area contributed by atoms with E-state index in [9.17, 15) is 4.79 Å². The maximum absolute atomic E-state index is 12.5. The zero-order valence-electron chi connectivity index (χ0n) is 10.1. The number of rotatable bonds is 2. The molecular weight excluding hydrogens is 270 g/mol. The molecule has 0 saturated carbocycles. The van der Waals surface area contributed by atoms with Crippen molar-refractivity contribution >= 4 is 29.1 Å². The van der Waals surface area contributed by atoms with E-state index in [0.717, 1.165) is 11.8 Å². The maximum Gasteiger partial charge on any atom is 0.205 e. The number of hydrogen-bond donors (Lipinski definition) is 0. The van der Waals surface area contributed by atoms with Crippen LogP contribution in [0.1, 0.15) is 30.6 Å². The first-order valence-corrected chi connectivity index (χ1v) is 6.77. The fourth-order valence-corrected chi connectivity index (χ4v) is 3.09. The van der Waals surface area contributed by atoms with Crippen LogP contribution in [0.2, 0.25) is 0 Å². The summed E-state index contributed by atoms with van der Waals surface area (Å²) in [4.78, 5) is 12.5. The Hall–Kier alpha value is -1.18. The number of carbonyl (C=O) groups is 1. The Morgan fingerprint density at radius 2 is 2.17 bits per heavy atom. The second kappa shape index (κ2) is 4.49. The van der Waals surface area contributed by atoms with Gasteiger partial charge in [-0.25, -0.2) is 0 Å². The van der Waals surface area contributed by atoms with Gasteiger partial charge in [0.15, 0.2) is 0 Å². The lowest BCUT2D eigenvalue weighted by atomic mass is 9.88. The van der Waals surface area contributed by atoms with Crippen LogP contribution in [0.25, 0.3) is 0 Å².